The van der Waals surface area contributed by atoms with Crippen LogP contribution in [0.3, 0.4) is 0 Å². The van der Waals surface area contributed by atoms with Gasteiger partial charge in [0.25, 0.3) is 0 Å². The van der Waals surface area contributed by atoms with Gasteiger partial charge in [-0.15, -0.1) is 0 Å². The average Bonchev–Trinajstić information content (AvgIpc) is 2.35. The van der Waals surface area contributed by atoms with Crippen molar-refractivity contribution in [1.82, 2.24) is 10.3 Å². The van der Waals surface area contributed by atoms with Crippen LogP contribution in [-0.2, 0) is 4.74 Å². The van der Waals surface area contributed by atoms with Gasteiger partial charge in [-0.25, -0.2) is 0 Å². The van der Waals surface area contributed by atoms with Crippen molar-refractivity contribution in [2.45, 2.75) is 45.7 Å². The van der Waals surface area contributed by atoms with Gasteiger partial charge in [-0.3, -0.25) is 16.2 Å². The molecule has 0 aromatic rings. The maximum atomic E-state index is 5.74. The van der Waals surface area contributed by atoms with E-state index in [2.05, 4.69) is 44.1 Å². The van der Waals surface area contributed by atoms with Crippen molar-refractivity contribution in [1.29, 1.82) is 0 Å². The van der Waals surface area contributed by atoms with Gasteiger partial charge in [0.1, 0.15) is 0 Å². The van der Waals surface area contributed by atoms with Gasteiger partial charge in [0.15, 0.2) is 0 Å². The number of allylic oxidation sites excluding steroid dienone is 1. The summed E-state index contributed by atoms with van der Waals surface area (Å²) in [6.07, 6.45) is 3.28. The van der Waals surface area contributed by atoms with E-state index >= 15 is 0 Å². The molecule has 1 fully saturated rings. The summed E-state index contributed by atoms with van der Waals surface area (Å²) in [5, 5.41) is 0. The maximum absolute atomic E-state index is 5.74. The molecule has 0 aromatic heterocycles. The molecular weight excluding hydrogens is 214 g/mol. The molecule has 1 aliphatic heterocycles. The molecule has 2 atom stereocenters. The van der Waals surface area contributed by atoms with Crippen molar-refractivity contribution in [2.75, 3.05) is 26.3 Å². The lowest BCUT2D eigenvalue weighted by atomic mass is 9.86. The zero-order chi connectivity index (χ0) is 12.9. The molecule has 2 unspecified atom stereocenters. The van der Waals surface area contributed by atoms with E-state index in [9.17, 15) is 0 Å². The van der Waals surface area contributed by atoms with Crippen LogP contribution in [0.1, 0.15) is 34.1 Å². The molecule has 1 heterocycles. The summed E-state index contributed by atoms with van der Waals surface area (Å²) in [5.74, 6) is 5.74. The molecule has 0 amide bonds. The number of nitrogens with one attached hydrogen (secondary N) is 1. The zero-order valence-electron chi connectivity index (χ0n) is 11.6. The van der Waals surface area contributed by atoms with Crippen molar-refractivity contribution < 1.29 is 4.74 Å². The SMILES string of the molecule is CCC(C)(C(C=C(C)C)NN)N1CCOCC1. The van der Waals surface area contributed by atoms with E-state index in [0.717, 1.165) is 32.7 Å². The van der Waals surface area contributed by atoms with Gasteiger partial charge >= 0.3 is 0 Å². The molecule has 1 saturated heterocycles. The fraction of sp³-hybridized carbons (Fsp3) is 0.846. The van der Waals surface area contributed by atoms with Crippen LogP contribution >= 0.6 is 0 Å². The van der Waals surface area contributed by atoms with Crippen molar-refractivity contribution in [2.24, 2.45) is 5.84 Å². The molecular formula is C13H27N3O. The van der Waals surface area contributed by atoms with Crippen molar-refractivity contribution >= 4 is 0 Å². The van der Waals surface area contributed by atoms with E-state index in [1.807, 2.05) is 0 Å². The highest BCUT2D eigenvalue weighted by Crippen LogP contribution is 2.26. The molecule has 100 valence electrons. The zero-order valence-corrected chi connectivity index (χ0v) is 11.6. The highest BCUT2D eigenvalue weighted by atomic mass is 16.5. The van der Waals surface area contributed by atoms with Crippen molar-refractivity contribution in [3.63, 3.8) is 0 Å². The van der Waals surface area contributed by atoms with Crippen LogP contribution in [0.4, 0.5) is 0 Å². The van der Waals surface area contributed by atoms with Crippen LogP contribution < -0.4 is 11.3 Å². The van der Waals surface area contributed by atoms with Crippen LogP contribution in [0.2, 0.25) is 0 Å². The lowest BCUT2D eigenvalue weighted by Gasteiger charge is -2.46. The molecule has 3 N–H and O–H groups in total. The molecule has 17 heavy (non-hydrogen) atoms. The van der Waals surface area contributed by atoms with Crippen molar-refractivity contribution in [3.8, 4) is 0 Å². The minimum Gasteiger partial charge on any atom is -0.379 e. The first-order valence-corrected chi connectivity index (χ1v) is 6.48. The number of ether oxygens (including phenoxy) is 1. The monoisotopic (exact) mass is 241 g/mol. The second-order valence-corrected chi connectivity index (χ2v) is 5.20. The Morgan fingerprint density at radius 3 is 2.47 bits per heavy atom. The van der Waals surface area contributed by atoms with Crippen LogP contribution in [0.15, 0.2) is 11.6 Å². The van der Waals surface area contributed by atoms with Gasteiger partial charge in [-0.2, -0.15) is 0 Å². The lowest BCUT2D eigenvalue weighted by Crippen LogP contribution is -2.62. The Balaban J connectivity index is 2.86. The van der Waals surface area contributed by atoms with Gasteiger partial charge in [0.05, 0.1) is 19.3 Å². The Hall–Kier alpha value is -0.420. The van der Waals surface area contributed by atoms with Gasteiger partial charge in [-0.1, -0.05) is 18.6 Å². The third kappa shape index (κ3) is 3.52. The molecule has 0 bridgehead atoms. The topological polar surface area (TPSA) is 50.5 Å². The predicted molar refractivity (Wildman–Crippen MR) is 71.6 cm³/mol. The fourth-order valence-electron chi connectivity index (χ4n) is 2.45. The highest BCUT2D eigenvalue weighted by Gasteiger charge is 2.37. The van der Waals surface area contributed by atoms with E-state index in [-0.39, 0.29) is 11.6 Å². The van der Waals surface area contributed by atoms with E-state index in [0.29, 0.717) is 0 Å². The minimum atomic E-state index is 0.0514. The first-order valence-electron chi connectivity index (χ1n) is 6.48. The molecule has 0 spiro atoms. The molecule has 0 aliphatic carbocycles. The molecule has 0 aromatic carbocycles. The molecule has 0 radical (unpaired) electrons. The number of nitrogens with zero attached hydrogens (tertiary/aromatic N) is 1. The van der Waals surface area contributed by atoms with Crippen LogP contribution in [-0.4, -0.2) is 42.8 Å². The predicted octanol–water partition coefficient (Wildman–Crippen LogP) is 1.29. The van der Waals surface area contributed by atoms with E-state index in [4.69, 9.17) is 10.6 Å². The summed E-state index contributed by atoms with van der Waals surface area (Å²) in [6, 6.07) is 0.176. The Labute approximate surface area is 105 Å². The summed E-state index contributed by atoms with van der Waals surface area (Å²) in [6.45, 7) is 12.3. The summed E-state index contributed by atoms with van der Waals surface area (Å²) in [5.41, 5.74) is 4.31. The van der Waals surface area contributed by atoms with E-state index in [1.54, 1.807) is 0 Å². The third-order valence-electron chi connectivity index (χ3n) is 3.80. The standard InChI is InChI=1S/C13H27N3O/c1-5-13(4,12(15-14)10-11(2)3)16-6-8-17-9-7-16/h10,12,15H,5-9,14H2,1-4H3. The Kier molecular flexibility index (Phi) is 5.59. The third-order valence-corrected chi connectivity index (χ3v) is 3.80. The number of nitrogens with two attached hydrogens (primary N) is 1. The van der Waals surface area contributed by atoms with Crippen LogP contribution in [0, 0.1) is 0 Å². The summed E-state index contributed by atoms with van der Waals surface area (Å²) in [4.78, 5) is 2.49. The van der Waals surface area contributed by atoms with Crippen LogP contribution in [0.25, 0.3) is 0 Å². The first kappa shape index (κ1) is 14.6. The maximum Gasteiger partial charge on any atom is 0.0594 e. The van der Waals surface area contributed by atoms with Gasteiger partial charge < -0.3 is 4.74 Å². The van der Waals surface area contributed by atoms with E-state index in [1.165, 1.54) is 5.57 Å². The quantitative estimate of drug-likeness (QED) is 0.432. The Morgan fingerprint density at radius 1 is 1.47 bits per heavy atom. The average molecular weight is 241 g/mol. The second-order valence-electron chi connectivity index (χ2n) is 5.20. The molecule has 0 saturated carbocycles. The minimum absolute atomic E-state index is 0.0514. The number of rotatable bonds is 5. The largest absolute Gasteiger partial charge is 0.379 e. The number of morpholine rings is 1. The normalized spacial score (nSPS) is 22.9. The fourth-order valence-corrected chi connectivity index (χ4v) is 2.45. The summed E-state index contributed by atoms with van der Waals surface area (Å²) < 4.78 is 5.43. The second kappa shape index (κ2) is 6.50. The number of hydrazine groups is 1. The Morgan fingerprint density at radius 2 is 2.06 bits per heavy atom. The Bertz CT molecular complexity index is 257. The molecule has 1 aliphatic rings. The summed E-state index contributed by atoms with van der Waals surface area (Å²) in [7, 11) is 0. The smallest absolute Gasteiger partial charge is 0.0594 e. The van der Waals surface area contributed by atoms with Crippen molar-refractivity contribution in [3.05, 3.63) is 11.6 Å². The molecule has 4 heteroatoms. The number of hydrogen-bond acceptors (Lipinski definition) is 4. The highest BCUT2D eigenvalue weighted by molar-refractivity contribution is 5.10. The first-order chi connectivity index (χ1) is 8.04. The van der Waals surface area contributed by atoms with Gasteiger partial charge in [-0.05, 0) is 27.2 Å². The van der Waals surface area contributed by atoms with E-state index < -0.39 is 0 Å². The summed E-state index contributed by atoms with van der Waals surface area (Å²) >= 11 is 0. The molecule has 4 nitrogen and oxygen atoms in total. The van der Waals surface area contributed by atoms with Gasteiger partial charge in [0, 0.05) is 18.6 Å². The number of hydrogen-bond donors (Lipinski definition) is 2. The van der Waals surface area contributed by atoms with Gasteiger partial charge in [0.2, 0.25) is 0 Å². The lowest BCUT2D eigenvalue weighted by molar-refractivity contribution is -0.0262. The molecule has 1 rings (SSSR count). The van der Waals surface area contributed by atoms with Crippen LogP contribution in [0.5, 0.6) is 0 Å².